The highest BCUT2D eigenvalue weighted by Gasteiger charge is 2.47. The molecule has 0 spiro atoms. The zero-order valence-electron chi connectivity index (χ0n) is 11.3. The SMILES string of the molecule is CSC(COS(C)(=O)=O)(SC)[C@@H]1COC(C)(C)O1. The highest BCUT2D eigenvalue weighted by atomic mass is 32.2. The molecule has 1 aliphatic rings. The molecule has 8 heteroatoms. The molecule has 0 radical (unpaired) electrons. The third kappa shape index (κ3) is 4.28. The van der Waals surface area contributed by atoms with E-state index in [-0.39, 0.29) is 12.7 Å². The van der Waals surface area contributed by atoms with E-state index in [1.165, 1.54) is 23.5 Å². The number of thioether (sulfide) groups is 2. The van der Waals surface area contributed by atoms with Gasteiger partial charge in [-0.1, -0.05) is 0 Å². The fraction of sp³-hybridized carbons (Fsp3) is 1.00. The van der Waals surface area contributed by atoms with Gasteiger partial charge in [0.1, 0.15) is 10.2 Å². The van der Waals surface area contributed by atoms with Gasteiger partial charge in [0.2, 0.25) is 0 Å². The molecule has 0 N–H and O–H groups in total. The van der Waals surface area contributed by atoms with Crippen molar-refractivity contribution in [3.05, 3.63) is 0 Å². The van der Waals surface area contributed by atoms with Gasteiger partial charge in [0.15, 0.2) is 5.79 Å². The molecule has 0 amide bonds. The summed E-state index contributed by atoms with van der Waals surface area (Å²) in [6.45, 7) is 4.19. The minimum absolute atomic E-state index is 0.0677. The molecule has 0 aliphatic carbocycles. The summed E-state index contributed by atoms with van der Waals surface area (Å²) in [5.74, 6) is -0.632. The predicted octanol–water partition coefficient (Wildman–Crippen LogP) is 1.54. The summed E-state index contributed by atoms with van der Waals surface area (Å²) in [7, 11) is -3.46. The van der Waals surface area contributed by atoms with Crippen LogP contribution < -0.4 is 0 Å². The minimum atomic E-state index is -3.46. The number of ether oxygens (including phenoxy) is 2. The van der Waals surface area contributed by atoms with Crippen molar-refractivity contribution in [3.63, 3.8) is 0 Å². The van der Waals surface area contributed by atoms with Gasteiger partial charge in [-0.25, -0.2) is 0 Å². The van der Waals surface area contributed by atoms with Crippen LogP contribution in [-0.2, 0) is 23.8 Å². The monoisotopic (exact) mass is 316 g/mol. The van der Waals surface area contributed by atoms with Crippen LogP contribution in [0.2, 0.25) is 0 Å². The van der Waals surface area contributed by atoms with E-state index in [1.807, 2.05) is 26.4 Å². The Morgan fingerprint density at radius 2 is 1.94 bits per heavy atom. The molecule has 108 valence electrons. The maximum atomic E-state index is 11.1. The van der Waals surface area contributed by atoms with Gasteiger partial charge >= 0.3 is 0 Å². The molecular weight excluding hydrogens is 296 g/mol. The van der Waals surface area contributed by atoms with Gasteiger partial charge < -0.3 is 9.47 Å². The van der Waals surface area contributed by atoms with Crippen LogP contribution in [0.5, 0.6) is 0 Å². The average Bonchev–Trinajstić information content (AvgIpc) is 2.60. The summed E-state index contributed by atoms with van der Waals surface area (Å²) in [5.41, 5.74) is 0. The van der Waals surface area contributed by atoms with Crippen LogP contribution in [0.4, 0.5) is 0 Å². The Bertz CT molecular complexity index is 375. The lowest BCUT2D eigenvalue weighted by Crippen LogP contribution is -2.43. The predicted molar refractivity (Wildman–Crippen MR) is 75.5 cm³/mol. The van der Waals surface area contributed by atoms with E-state index >= 15 is 0 Å². The molecule has 18 heavy (non-hydrogen) atoms. The summed E-state index contributed by atoms with van der Waals surface area (Å²) in [6.07, 6.45) is 4.67. The van der Waals surface area contributed by atoms with Crippen LogP contribution in [0.15, 0.2) is 0 Å². The molecule has 1 saturated heterocycles. The molecule has 0 aromatic rings. The van der Waals surface area contributed by atoms with Gasteiger partial charge in [-0.05, 0) is 26.4 Å². The van der Waals surface area contributed by atoms with Crippen molar-refractivity contribution in [1.82, 2.24) is 0 Å². The summed E-state index contributed by atoms with van der Waals surface area (Å²) in [6, 6.07) is 0. The Morgan fingerprint density at radius 1 is 1.39 bits per heavy atom. The summed E-state index contributed by atoms with van der Waals surface area (Å²) in [5, 5.41) is 0. The van der Waals surface area contributed by atoms with E-state index in [4.69, 9.17) is 13.7 Å². The van der Waals surface area contributed by atoms with Crippen molar-refractivity contribution in [1.29, 1.82) is 0 Å². The van der Waals surface area contributed by atoms with E-state index in [9.17, 15) is 8.42 Å². The lowest BCUT2D eigenvalue weighted by Gasteiger charge is -2.34. The van der Waals surface area contributed by atoms with E-state index < -0.39 is 20.0 Å². The smallest absolute Gasteiger partial charge is 0.264 e. The molecule has 1 fully saturated rings. The normalized spacial score (nSPS) is 24.4. The first kappa shape index (κ1) is 16.6. The fourth-order valence-corrected chi connectivity index (χ4v) is 3.98. The first-order chi connectivity index (χ1) is 8.14. The maximum Gasteiger partial charge on any atom is 0.264 e. The van der Waals surface area contributed by atoms with Gasteiger partial charge in [-0.2, -0.15) is 8.42 Å². The standard InChI is InChI=1S/C10H20O5S3/c1-9(2)13-6-8(15-9)10(16-3,17-4)7-14-18(5,11)12/h8H,6-7H2,1-5H3/t8-/m0/s1. The van der Waals surface area contributed by atoms with Gasteiger partial charge in [-0.15, -0.1) is 23.5 Å². The van der Waals surface area contributed by atoms with Crippen molar-refractivity contribution in [3.8, 4) is 0 Å². The molecule has 0 aromatic carbocycles. The van der Waals surface area contributed by atoms with Gasteiger partial charge in [0.05, 0.1) is 19.5 Å². The topological polar surface area (TPSA) is 61.8 Å². The Hall–Kier alpha value is 0.530. The largest absolute Gasteiger partial charge is 0.348 e. The van der Waals surface area contributed by atoms with E-state index in [2.05, 4.69) is 0 Å². The molecule has 1 heterocycles. The zero-order chi connectivity index (χ0) is 14.0. The highest BCUT2D eigenvalue weighted by molar-refractivity contribution is 8.17. The minimum Gasteiger partial charge on any atom is -0.348 e. The molecule has 1 atom stereocenters. The fourth-order valence-electron chi connectivity index (χ4n) is 1.65. The molecule has 0 saturated carbocycles. The molecule has 0 aromatic heterocycles. The Labute approximate surface area is 117 Å². The van der Waals surface area contributed by atoms with Gasteiger partial charge in [0, 0.05) is 0 Å². The lowest BCUT2D eigenvalue weighted by atomic mass is 10.2. The van der Waals surface area contributed by atoms with Crippen LogP contribution in [0, 0.1) is 0 Å². The first-order valence-corrected chi connectivity index (χ1v) is 9.67. The highest BCUT2D eigenvalue weighted by Crippen LogP contribution is 2.43. The molecule has 1 rings (SSSR count). The van der Waals surface area contributed by atoms with Crippen LogP contribution in [0.25, 0.3) is 0 Å². The van der Waals surface area contributed by atoms with E-state index in [1.54, 1.807) is 0 Å². The van der Waals surface area contributed by atoms with Gasteiger partial charge in [0.25, 0.3) is 10.1 Å². The van der Waals surface area contributed by atoms with Crippen molar-refractivity contribution in [2.45, 2.75) is 29.8 Å². The summed E-state index contributed by atoms with van der Waals surface area (Å²) in [4.78, 5) is 0. The average molecular weight is 316 g/mol. The Balaban J connectivity index is 2.80. The van der Waals surface area contributed by atoms with E-state index in [0.29, 0.717) is 6.61 Å². The second-order valence-electron chi connectivity index (χ2n) is 4.50. The molecular formula is C10H20O5S3. The number of rotatable bonds is 6. The van der Waals surface area contributed by atoms with E-state index in [0.717, 1.165) is 6.26 Å². The molecule has 5 nitrogen and oxygen atoms in total. The lowest BCUT2D eigenvalue weighted by molar-refractivity contribution is -0.139. The van der Waals surface area contributed by atoms with Crippen LogP contribution in [-0.4, -0.2) is 56.4 Å². The van der Waals surface area contributed by atoms with Crippen molar-refractivity contribution in [2.24, 2.45) is 0 Å². The van der Waals surface area contributed by atoms with Crippen molar-refractivity contribution in [2.75, 3.05) is 32.0 Å². The molecule has 0 bridgehead atoms. The second-order valence-corrected chi connectivity index (χ2v) is 8.68. The maximum absolute atomic E-state index is 11.1. The van der Waals surface area contributed by atoms with Crippen LogP contribution >= 0.6 is 23.5 Å². The van der Waals surface area contributed by atoms with Gasteiger partial charge in [-0.3, -0.25) is 4.18 Å². The van der Waals surface area contributed by atoms with Crippen molar-refractivity contribution >= 4 is 33.6 Å². The third-order valence-corrected chi connectivity index (χ3v) is 6.35. The summed E-state index contributed by atoms with van der Waals surface area (Å²) < 4.78 is 38.1. The van der Waals surface area contributed by atoms with Crippen LogP contribution in [0.1, 0.15) is 13.8 Å². The van der Waals surface area contributed by atoms with Crippen LogP contribution in [0.3, 0.4) is 0 Å². The quantitative estimate of drug-likeness (QED) is 0.544. The third-order valence-electron chi connectivity index (χ3n) is 2.66. The number of hydrogen-bond donors (Lipinski definition) is 0. The molecule has 1 aliphatic heterocycles. The Kier molecular flexibility index (Phi) is 5.42. The van der Waals surface area contributed by atoms with Crippen molar-refractivity contribution < 1.29 is 22.1 Å². The first-order valence-electron chi connectivity index (χ1n) is 5.40. The zero-order valence-corrected chi connectivity index (χ0v) is 13.7. The molecule has 0 unspecified atom stereocenters. The summed E-state index contributed by atoms with van der Waals surface area (Å²) >= 11 is 3.05. The Morgan fingerprint density at radius 3 is 2.28 bits per heavy atom. The second kappa shape index (κ2) is 5.88. The number of hydrogen-bond acceptors (Lipinski definition) is 7.